The molecule has 0 fully saturated rings. The van der Waals surface area contributed by atoms with Gasteiger partial charge in [0.25, 0.3) is 0 Å². The van der Waals surface area contributed by atoms with Crippen molar-refractivity contribution in [2.45, 2.75) is 32.8 Å². The number of hydrogen-bond donors (Lipinski definition) is 1. The minimum absolute atomic E-state index is 0.544. The highest BCUT2D eigenvalue weighted by molar-refractivity contribution is 5.86. The Bertz CT molecular complexity index is 857. The maximum absolute atomic E-state index is 8.77. The summed E-state index contributed by atoms with van der Waals surface area (Å²) in [7, 11) is 0. The largest absolute Gasteiger partial charge is 0.516 e. The van der Waals surface area contributed by atoms with Gasteiger partial charge >= 0.3 is 0 Å². The molecule has 0 saturated heterocycles. The van der Waals surface area contributed by atoms with Crippen molar-refractivity contribution in [3.8, 4) is 5.75 Å². The van der Waals surface area contributed by atoms with E-state index in [-0.39, 0.29) is 0 Å². The number of allylic oxidation sites excluding steroid dienone is 1. The van der Waals surface area contributed by atoms with Crippen molar-refractivity contribution < 1.29 is 9.84 Å². The fourth-order valence-electron chi connectivity index (χ4n) is 2.95. The standard InChI is InChI=1S/C22H23NO2/c1-17-20(13-6-3-9-15-24)23-21-14-8-7-12-19(21)22(17)25-16-18-10-4-2-5-11-18/h2,4-5,7-12,14-15,24H,3,6,13,16H2,1H3/b15-9+. The van der Waals surface area contributed by atoms with E-state index in [0.717, 1.165) is 59.0 Å². The molecule has 0 atom stereocenters. The normalized spacial score (nSPS) is 11.2. The number of aliphatic hydroxyl groups is 1. The highest BCUT2D eigenvalue weighted by Crippen LogP contribution is 2.31. The van der Waals surface area contributed by atoms with Crippen LogP contribution in [0.3, 0.4) is 0 Å². The molecular weight excluding hydrogens is 310 g/mol. The average molecular weight is 333 g/mol. The van der Waals surface area contributed by atoms with E-state index in [9.17, 15) is 0 Å². The highest BCUT2D eigenvalue weighted by atomic mass is 16.5. The Labute approximate surface area is 148 Å². The summed E-state index contributed by atoms with van der Waals surface area (Å²) < 4.78 is 6.21. The van der Waals surface area contributed by atoms with Gasteiger partial charge in [-0.1, -0.05) is 48.5 Å². The van der Waals surface area contributed by atoms with Gasteiger partial charge in [-0.15, -0.1) is 0 Å². The van der Waals surface area contributed by atoms with Crippen LogP contribution in [-0.4, -0.2) is 10.1 Å². The Balaban J connectivity index is 1.89. The van der Waals surface area contributed by atoms with Gasteiger partial charge in [0.05, 0.1) is 11.8 Å². The molecule has 1 heterocycles. The summed E-state index contributed by atoms with van der Waals surface area (Å²) in [5.74, 6) is 0.919. The van der Waals surface area contributed by atoms with Crippen LogP contribution in [0.1, 0.15) is 29.7 Å². The first-order valence-electron chi connectivity index (χ1n) is 8.63. The van der Waals surface area contributed by atoms with Crippen molar-refractivity contribution in [2.75, 3.05) is 0 Å². The van der Waals surface area contributed by atoms with Gasteiger partial charge in [0, 0.05) is 16.6 Å². The topological polar surface area (TPSA) is 42.4 Å². The van der Waals surface area contributed by atoms with Crippen molar-refractivity contribution in [3.63, 3.8) is 0 Å². The van der Waals surface area contributed by atoms with Gasteiger partial charge in [0.1, 0.15) is 12.4 Å². The zero-order chi connectivity index (χ0) is 17.5. The molecule has 0 amide bonds. The number of aliphatic hydroxyl groups excluding tert-OH is 1. The van der Waals surface area contributed by atoms with Crippen LogP contribution in [0.4, 0.5) is 0 Å². The monoisotopic (exact) mass is 333 g/mol. The second-order valence-electron chi connectivity index (χ2n) is 6.08. The van der Waals surface area contributed by atoms with Crippen molar-refractivity contribution in [1.82, 2.24) is 4.98 Å². The Morgan fingerprint density at radius 1 is 1.04 bits per heavy atom. The molecule has 3 heteroatoms. The molecular formula is C22H23NO2. The van der Waals surface area contributed by atoms with Gasteiger partial charge in [0.2, 0.25) is 0 Å². The van der Waals surface area contributed by atoms with E-state index in [2.05, 4.69) is 25.1 Å². The average Bonchev–Trinajstić information content (AvgIpc) is 2.66. The molecule has 0 aliphatic carbocycles. The number of unbranched alkanes of at least 4 members (excludes halogenated alkanes) is 1. The van der Waals surface area contributed by atoms with Crippen LogP contribution in [0.15, 0.2) is 66.9 Å². The van der Waals surface area contributed by atoms with Crippen LogP contribution in [0.5, 0.6) is 5.75 Å². The molecule has 0 aliphatic rings. The number of aryl methyl sites for hydroxylation is 1. The number of benzene rings is 2. The second-order valence-corrected chi connectivity index (χ2v) is 6.08. The lowest BCUT2D eigenvalue weighted by atomic mass is 10.0. The van der Waals surface area contributed by atoms with E-state index in [0.29, 0.717) is 6.61 Å². The summed E-state index contributed by atoms with van der Waals surface area (Å²) in [5, 5.41) is 9.82. The van der Waals surface area contributed by atoms with E-state index in [1.807, 2.05) is 36.4 Å². The molecule has 0 unspecified atom stereocenters. The van der Waals surface area contributed by atoms with Crippen molar-refractivity contribution >= 4 is 10.9 Å². The summed E-state index contributed by atoms with van der Waals surface area (Å²) in [6.45, 7) is 2.62. The molecule has 0 aliphatic heterocycles. The van der Waals surface area contributed by atoms with E-state index >= 15 is 0 Å². The summed E-state index contributed by atoms with van der Waals surface area (Å²) in [5.41, 5.74) is 4.27. The molecule has 128 valence electrons. The number of fused-ring (bicyclic) bond motifs is 1. The molecule has 0 spiro atoms. The Morgan fingerprint density at radius 2 is 1.80 bits per heavy atom. The molecule has 0 radical (unpaired) electrons. The van der Waals surface area contributed by atoms with Gasteiger partial charge in [-0.25, -0.2) is 0 Å². The number of para-hydroxylation sites is 1. The molecule has 1 N–H and O–H groups in total. The van der Waals surface area contributed by atoms with Crippen LogP contribution < -0.4 is 4.74 Å². The summed E-state index contributed by atoms with van der Waals surface area (Å²) in [6.07, 6.45) is 5.52. The van der Waals surface area contributed by atoms with Crippen LogP contribution in [0, 0.1) is 6.92 Å². The molecule has 0 saturated carbocycles. The van der Waals surface area contributed by atoms with Gasteiger partial charge in [0.15, 0.2) is 0 Å². The van der Waals surface area contributed by atoms with E-state index in [1.165, 1.54) is 0 Å². The molecule has 25 heavy (non-hydrogen) atoms. The third kappa shape index (κ3) is 4.18. The van der Waals surface area contributed by atoms with E-state index in [1.54, 1.807) is 6.08 Å². The fraction of sp³-hybridized carbons (Fsp3) is 0.227. The quantitative estimate of drug-likeness (QED) is 0.457. The number of pyridine rings is 1. The number of hydrogen-bond acceptors (Lipinski definition) is 3. The first-order chi connectivity index (χ1) is 12.3. The molecule has 2 aromatic carbocycles. The van der Waals surface area contributed by atoms with Crippen molar-refractivity contribution in [1.29, 1.82) is 0 Å². The number of nitrogens with zero attached hydrogens (tertiary/aromatic N) is 1. The predicted molar refractivity (Wildman–Crippen MR) is 102 cm³/mol. The predicted octanol–water partition coefficient (Wildman–Crippen LogP) is 5.52. The summed E-state index contributed by atoms with van der Waals surface area (Å²) >= 11 is 0. The zero-order valence-corrected chi connectivity index (χ0v) is 14.5. The maximum Gasteiger partial charge on any atom is 0.133 e. The van der Waals surface area contributed by atoms with Gasteiger partial charge < -0.3 is 9.84 Å². The first kappa shape index (κ1) is 17.0. The molecule has 3 rings (SSSR count). The van der Waals surface area contributed by atoms with Gasteiger partial charge in [-0.2, -0.15) is 0 Å². The van der Waals surface area contributed by atoms with E-state index in [4.69, 9.17) is 14.8 Å². The number of aromatic nitrogens is 1. The Hall–Kier alpha value is -2.81. The Morgan fingerprint density at radius 3 is 2.60 bits per heavy atom. The highest BCUT2D eigenvalue weighted by Gasteiger charge is 2.13. The Kier molecular flexibility index (Phi) is 5.68. The van der Waals surface area contributed by atoms with Gasteiger partial charge in [-0.05, 0) is 43.9 Å². The van der Waals surface area contributed by atoms with Crippen LogP contribution in [0.2, 0.25) is 0 Å². The lowest BCUT2D eigenvalue weighted by Gasteiger charge is -2.15. The summed E-state index contributed by atoms with van der Waals surface area (Å²) in [6, 6.07) is 18.3. The third-order valence-electron chi connectivity index (χ3n) is 4.29. The fourth-order valence-corrected chi connectivity index (χ4v) is 2.95. The molecule has 1 aromatic heterocycles. The first-order valence-corrected chi connectivity index (χ1v) is 8.63. The molecule has 0 bridgehead atoms. The lowest BCUT2D eigenvalue weighted by Crippen LogP contribution is -2.03. The minimum Gasteiger partial charge on any atom is -0.516 e. The van der Waals surface area contributed by atoms with E-state index < -0.39 is 0 Å². The van der Waals surface area contributed by atoms with Crippen LogP contribution in [0.25, 0.3) is 10.9 Å². The zero-order valence-electron chi connectivity index (χ0n) is 14.5. The molecule has 3 nitrogen and oxygen atoms in total. The smallest absolute Gasteiger partial charge is 0.133 e. The van der Waals surface area contributed by atoms with Crippen LogP contribution in [-0.2, 0) is 13.0 Å². The maximum atomic E-state index is 8.77. The SMILES string of the molecule is Cc1c(CCC/C=C/O)nc2ccccc2c1OCc1ccccc1. The van der Waals surface area contributed by atoms with Gasteiger partial charge in [-0.3, -0.25) is 4.98 Å². The third-order valence-corrected chi connectivity index (χ3v) is 4.29. The lowest BCUT2D eigenvalue weighted by molar-refractivity contribution is 0.307. The molecule has 3 aromatic rings. The second kappa shape index (κ2) is 8.34. The number of rotatable bonds is 7. The van der Waals surface area contributed by atoms with Crippen molar-refractivity contribution in [3.05, 3.63) is 83.8 Å². The summed E-state index contributed by atoms with van der Waals surface area (Å²) in [4.78, 5) is 4.82. The van der Waals surface area contributed by atoms with Crippen molar-refractivity contribution in [2.24, 2.45) is 0 Å². The minimum atomic E-state index is 0.544. The number of ether oxygens (including phenoxy) is 1. The van der Waals surface area contributed by atoms with Crippen LogP contribution >= 0.6 is 0 Å².